The van der Waals surface area contributed by atoms with Crippen molar-refractivity contribution in [3.63, 3.8) is 0 Å². The molecule has 4 rings (SSSR count). The Bertz CT molecular complexity index is 962. The fraction of sp³-hybridized carbons (Fsp3) is 0.280. The molecule has 1 fully saturated rings. The quantitative estimate of drug-likeness (QED) is 0.606. The van der Waals surface area contributed by atoms with Gasteiger partial charge < -0.3 is 9.84 Å². The molecule has 1 saturated heterocycles. The Morgan fingerprint density at radius 3 is 2.63 bits per heavy atom. The van der Waals surface area contributed by atoms with E-state index < -0.39 is 5.97 Å². The van der Waals surface area contributed by atoms with E-state index in [0.717, 1.165) is 48.6 Å². The maximum absolute atomic E-state index is 11.6. The highest BCUT2D eigenvalue weighted by Crippen LogP contribution is 2.32. The lowest BCUT2D eigenvalue weighted by molar-refractivity contribution is -0.144. The van der Waals surface area contributed by atoms with Gasteiger partial charge in [-0.3, -0.25) is 14.7 Å². The zero-order valence-electron chi connectivity index (χ0n) is 16.9. The minimum Gasteiger partial charge on any atom is -0.481 e. The second-order valence-electron chi connectivity index (χ2n) is 7.70. The molecule has 1 aliphatic rings. The molecule has 1 N–H and O–H groups in total. The SMILES string of the molecule is O=C(O)C1CCCN(C(Cc2ccccn2)c2cccc(Oc3ccccc3)c2)C1. The number of piperidine rings is 1. The number of benzene rings is 2. The van der Waals surface area contributed by atoms with Crippen LogP contribution in [0.3, 0.4) is 0 Å². The Morgan fingerprint density at radius 1 is 1.07 bits per heavy atom. The molecular weight excluding hydrogens is 376 g/mol. The zero-order valence-corrected chi connectivity index (χ0v) is 16.9. The number of likely N-dealkylation sites (tertiary alicyclic amines) is 1. The zero-order chi connectivity index (χ0) is 20.8. The van der Waals surface area contributed by atoms with Crippen molar-refractivity contribution in [2.75, 3.05) is 13.1 Å². The van der Waals surface area contributed by atoms with Gasteiger partial charge in [0.2, 0.25) is 0 Å². The van der Waals surface area contributed by atoms with Gasteiger partial charge in [0.05, 0.1) is 5.92 Å². The third-order valence-electron chi connectivity index (χ3n) is 5.59. The van der Waals surface area contributed by atoms with Gasteiger partial charge in [0.15, 0.2) is 0 Å². The number of hydrogen-bond acceptors (Lipinski definition) is 4. The number of hydrogen-bond donors (Lipinski definition) is 1. The van der Waals surface area contributed by atoms with Crippen molar-refractivity contribution in [2.24, 2.45) is 5.92 Å². The van der Waals surface area contributed by atoms with Gasteiger partial charge in [0, 0.05) is 30.9 Å². The van der Waals surface area contributed by atoms with Crippen molar-refractivity contribution in [2.45, 2.75) is 25.3 Å². The number of para-hydroxylation sites is 1. The number of carbonyl (C=O) groups is 1. The second kappa shape index (κ2) is 9.55. The van der Waals surface area contributed by atoms with Crippen LogP contribution >= 0.6 is 0 Å². The number of nitrogens with zero attached hydrogens (tertiary/aromatic N) is 2. The summed E-state index contributed by atoms with van der Waals surface area (Å²) in [6, 6.07) is 23.8. The highest BCUT2D eigenvalue weighted by molar-refractivity contribution is 5.70. The lowest BCUT2D eigenvalue weighted by Crippen LogP contribution is -2.41. The summed E-state index contributed by atoms with van der Waals surface area (Å²) < 4.78 is 6.04. The third-order valence-corrected chi connectivity index (χ3v) is 5.59. The van der Waals surface area contributed by atoms with Crippen molar-refractivity contribution in [1.82, 2.24) is 9.88 Å². The number of carboxylic acids is 1. The highest BCUT2D eigenvalue weighted by atomic mass is 16.5. The van der Waals surface area contributed by atoms with Crippen LogP contribution in [0.15, 0.2) is 79.0 Å². The van der Waals surface area contributed by atoms with Crippen LogP contribution in [-0.4, -0.2) is 34.0 Å². The fourth-order valence-corrected chi connectivity index (χ4v) is 4.08. The van der Waals surface area contributed by atoms with Crippen LogP contribution in [0.5, 0.6) is 11.5 Å². The molecule has 2 atom stereocenters. The van der Waals surface area contributed by atoms with Crippen LogP contribution in [0.25, 0.3) is 0 Å². The Morgan fingerprint density at radius 2 is 1.87 bits per heavy atom. The second-order valence-corrected chi connectivity index (χ2v) is 7.70. The Kier molecular flexibility index (Phi) is 6.40. The van der Waals surface area contributed by atoms with Crippen molar-refractivity contribution in [3.8, 4) is 11.5 Å². The summed E-state index contributed by atoms with van der Waals surface area (Å²) >= 11 is 0. The van der Waals surface area contributed by atoms with E-state index in [-0.39, 0.29) is 12.0 Å². The van der Waals surface area contributed by atoms with Gasteiger partial charge in [-0.05, 0) is 61.3 Å². The average molecular weight is 402 g/mol. The minimum atomic E-state index is -0.711. The first-order chi connectivity index (χ1) is 14.7. The van der Waals surface area contributed by atoms with Gasteiger partial charge in [-0.2, -0.15) is 0 Å². The predicted molar refractivity (Wildman–Crippen MR) is 116 cm³/mol. The Balaban J connectivity index is 1.62. The molecule has 0 saturated carbocycles. The molecule has 2 heterocycles. The maximum Gasteiger partial charge on any atom is 0.307 e. The summed E-state index contributed by atoms with van der Waals surface area (Å²) in [6.45, 7) is 1.43. The van der Waals surface area contributed by atoms with E-state index in [4.69, 9.17) is 4.74 Å². The van der Waals surface area contributed by atoms with Gasteiger partial charge in [-0.25, -0.2) is 0 Å². The van der Waals surface area contributed by atoms with E-state index in [0.29, 0.717) is 6.54 Å². The van der Waals surface area contributed by atoms with Crippen LogP contribution < -0.4 is 4.74 Å². The van der Waals surface area contributed by atoms with E-state index in [9.17, 15) is 9.90 Å². The summed E-state index contributed by atoms with van der Waals surface area (Å²) in [5, 5.41) is 9.55. The number of carboxylic acid groups (broad SMARTS) is 1. The number of aromatic nitrogens is 1. The van der Waals surface area contributed by atoms with Crippen molar-refractivity contribution in [3.05, 3.63) is 90.3 Å². The summed E-state index contributed by atoms with van der Waals surface area (Å²) in [5.74, 6) is 0.530. The minimum absolute atomic E-state index is 0.0429. The number of pyridine rings is 1. The largest absolute Gasteiger partial charge is 0.481 e. The molecule has 3 aromatic rings. The van der Waals surface area contributed by atoms with Gasteiger partial charge in [0.25, 0.3) is 0 Å². The number of aliphatic carboxylic acids is 1. The molecule has 5 nitrogen and oxygen atoms in total. The van der Waals surface area contributed by atoms with E-state index in [1.807, 2.05) is 60.7 Å². The summed E-state index contributed by atoms with van der Waals surface area (Å²) in [7, 11) is 0. The standard InChI is InChI=1S/C25H26N2O3/c28-25(29)20-9-7-15-27(18-20)24(17-21-10-4-5-14-26-21)19-8-6-13-23(16-19)30-22-11-2-1-3-12-22/h1-6,8,10-14,16,20,24H,7,9,15,17-18H2,(H,28,29). The normalized spacial score (nSPS) is 17.9. The van der Waals surface area contributed by atoms with Crippen molar-refractivity contribution < 1.29 is 14.6 Å². The molecule has 2 unspecified atom stereocenters. The molecule has 0 bridgehead atoms. The first-order valence-electron chi connectivity index (χ1n) is 10.4. The lowest BCUT2D eigenvalue weighted by Gasteiger charge is -2.37. The molecular formula is C25H26N2O3. The number of ether oxygens (including phenoxy) is 1. The molecule has 2 aromatic carbocycles. The van der Waals surface area contributed by atoms with Gasteiger partial charge >= 0.3 is 5.97 Å². The van der Waals surface area contributed by atoms with Crippen LogP contribution in [-0.2, 0) is 11.2 Å². The molecule has 0 radical (unpaired) electrons. The fourth-order valence-electron chi connectivity index (χ4n) is 4.08. The van der Waals surface area contributed by atoms with Gasteiger partial charge in [-0.15, -0.1) is 0 Å². The third kappa shape index (κ3) is 5.05. The summed E-state index contributed by atoms with van der Waals surface area (Å²) in [5.41, 5.74) is 2.11. The average Bonchev–Trinajstić information content (AvgIpc) is 2.79. The van der Waals surface area contributed by atoms with E-state index in [2.05, 4.69) is 22.0 Å². The topological polar surface area (TPSA) is 62.7 Å². The molecule has 5 heteroatoms. The predicted octanol–water partition coefficient (Wildman–Crippen LogP) is 4.95. The summed E-state index contributed by atoms with van der Waals surface area (Å²) in [6.07, 6.45) is 4.15. The Hall–Kier alpha value is -3.18. The monoisotopic (exact) mass is 402 g/mol. The molecule has 154 valence electrons. The van der Waals surface area contributed by atoms with E-state index in [1.54, 1.807) is 6.20 Å². The van der Waals surface area contributed by atoms with Gasteiger partial charge in [-0.1, -0.05) is 36.4 Å². The molecule has 1 aliphatic heterocycles. The maximum atomic E-state index is 11.6. The first kappa shape index (κ1) is 20.1. The van der Waals surface area contributed by atoms with Crippen LogP contribution in [0.1, 0.15) is 30.1 Å². The highest BCUT2D eigenvalue weighted by Gasteiger charge is 2.30. The number of rotatable bonds is 7. The van der Waals surface area contributed by atoms with Crippen molar-refractivity contribution in [1.29, 1.82) is 0 Å². The van der Waals surface area contributed by atoms with Crippen LogP contribution in [0.2, 0.25) is 0 Å². The molecule has 1 aromatic heterocycles. The van der Waals surface area contributed by atoms with Crippen LogP contribution in [0.4, 0.5) is 0 Å². The summed E-state index contributed by atoms with van der Waals surface area (Å²) in [4.78, 5) is 18.4. The van der Waals surface area contributed by atoms with Gasteiger partial charge in [0.1, 0.15) is 11.5 Å². The van der Waals surface area contributed by atoms with Crippen molar-refractivity contribution >= 4 is 5.97 Å². The first-order valence-corrected chi connectivity index (χ1v) is 10.4. The molecule has 0 aliphatic carbocycles. The van der Waals surface area contributed by atoms with E-state index >= 15 is 0 Å². The van der Waals surface area contributed by atoms with E-state index in [1.165, 1.54) is 0 Å². The lowest BCUT2D eigenvalue weighted by atomic mass is 9.92. The molecule has 0 spiro atoms. The molecule has 0 amide bonds. The Labute approximate surface area is 177 Å². The van der Waals surface area contributed by atoms with Crippen LogP contribution in [0, 0.1) is 5.92 Å². The molecule has 30 heavy (non-hydrogen) atoms. The smallest absolute Gasteiger partial charge is 0.307 e.